The monoisotopic (exact) mass is 426 g/mol. The van der Waals surface area contributed by atoms with E-state index in [-0.39, 0.29) is 24.0 Å². The molecule has 0 fully saturated rings. The van der Waals surface area contributed by atoms with Crippen molar-refractivity contribution in [3.63, 3.8) is 0 Å². The topological polar surface area (TPSA) is 66.5 Å². The lowest BCUT2D eigenvalue weighted by Crippen LogP contribution is -2.41. The summed E-state index contributed by atoms with van der Waals surface area (Å²) in [4.78, 5) is 12.8. The molecule has 1 N–H and O–H groups in total. The molecule has 0 aliphatic carbocycles. The van der Waals surface area contributed by atoms with E-state index in [1.54, 1.807) is 18.2 Å². The maximum absolute atomic E-state index is 13.2. The van der Waals surface area contributed by atoms with Crippen molar-refractivity contribution >= 4 is 15.9 Å². The van der Waals surface area contributed by atoms with E-state index in [1.165, 1.54) is 36.4 Å². The molecule has 3 rings (SSSR count). The van der Waals surface area contributed by atoms with E-state index in [2.05, 4.69) is 5.32 Å². The zero-order valence-corrected chi connectivity index (χ0v) is 17.3. The molecule has 30 heavy (non-hydrogen) atoms. The molecule has 0 spiro atoms. The number of hydrogen-bond acceptors (Lipinski definition) is 3. The molecule has 5 nitrogen and oxygen atoms in total. The number of carbonyl (C=O) groups is 1. The van der Waals surface area contributed by atoms with Gasteiger partial charge in [0.1, 0.15) is 5.82 Å². The fourth-order valence-electron chi connectivity index (χ4n) is 3.03. The maximum Gasteiger partial charge on any atom is 0.243 e. The summed E-state index contributed by atoms with van der Waals surface area (Å²) in [7, 11) is -3.93. The van der Waals surface area contributed by atoms with Crippen molar-refractivity contribution in [1.82, 2.24) is 9.62 Å². The Bertz CT molecular complexity index is 1070. The van der Waals surface area contributed by atoms with E-state index in [0.717, 1.165) is 9.87 Å². The van der Waals surface area contributed by atoms with E-state index in [0.29, 0.717) is 5.56 Å². The van der Waals surface area contributed by atoms with E-state index >= 15 is 0 Å². The van der Waals surface area contributed by atoms with Crippen LogP contribution in [0.15, 0.2) is 89.8 Å². The summed E-state index contributed by atoms with van der Waals surface area (Å²) in [6, 6.07) is 22.6. The lowest BCUT2D eigenvalue weighted by Gasteiger charge is -2.23. The Morgan fingerprint density at radius 3 is 2.10 bits per heavy atom. The molecule has 0 bridgehead atoms. The summed E-state index contributed by atoms with van der Waals surface area (Å²) in [6.07, 6.45) is 0. The van der Waals surface area contributed by atoms with Crippen molar-refractivity contribution in [2.45, 2.75) is 24.4 Å². The minimum Gasteiger partial charge on any atom is -0.348 e. The normalized spacial score (nSPS) is 12.5. The molecule has 1 atom stereocenters. The summed E-state index contributed by atoms with van der Waals surface area (Å²) in [5.41, 5.74) is 1.50. The van der Waals surface area contributed by atoms with Crippen LogP contribution in [0.4, 0.5) is 4.39 Å². The third-order valence-corrected chi connectivity index (χ3v) is 6.46. The molecular formula is C23H23FN2O3S. The summed E-state index contributed by atoms with van der Waals surface area (Å²) in [5.74, 6) is -0.835. The van der Waals surface area contributed by atoms with Gasteiger partial charge >= 0.3 is 0 Å². The van der Waals surface area contributed by atoms with Crippen LogP contribution in [0.5, 0.6) is 0 Å². The molecule has 0 radical (unpaired) electrons. The molecule has 0 aliphatic heterocycles. The molecule has 7 heteroatoms. The Balaban J connectivity index is 1.81. The van der Waals surface area contributed by atoms with Crippen molar-refractivity contribution < 1.29 is 17.6 Å². The first-order chi connectivity index (χ1) is 14.4. The van der Waals surface area contributed by atoms with Crippen LogP contribution in [0.1, 0.15) is 24.1 Å². The fraction of sp³-hybridized carbons (Fsp3) is 0.174. The lowest BCUT2D eigenvalue weighted by atomic mass is 10.1. The zero-order valence-electron chi connectivity index (χ0n) is 16.5. The van der Waals surface area contributed by atoms with Gasteiger partial charge in [-0.2, -0.15) is 4.31 Å². The molecule has 1 amide bonds. The molecule has 0 saturated carbocycles. The van der Waals surface area contributed by atoms with E-state index in [1.807, 2.05) is 37.3 Å². The van der Waals surface area contributed by atoms with Gasteiger partial charge in [-0.15, -0.1) is 0 Å². The Morgan fingerprint density at radius 1 is 0.933 bits per heavy atom. The molecule has 0 unspecified atom stereocenters. The Kier molecular flexibility index (Phi) is 6.97. The van der Waals surface area contributed by atoms with Crippen LogP contribution in [0.3, 0.4) is 0 Å². The molecule has 3 aromatic carbocycles. The van der Waals surface area contributed by atoms with Gasteiger partial charge in [0.05, 0.1) is 17.5 Å². The van der Waals surface area contributed by atoms with Crippen LogP contribution in [0.2, 0.25) is 0 Å². The van der Waals surface area contributed by atoms with Crippen LogP contribution >= 0.6 is 0 Å². The minimum absolute atomic E-state index is 0.0509. The van der Waals surface area contributed by atoms with Crippen molar-refractivity contribution in [2.75, 3.05) is 6.54 Å². The second-order valence-electron chi connectivity index (χ2n) is 6.91. The summed E-state index contributed by atoms with van der Waals surface area (Å²) >= 11 is 0. The number of halogens is 1. The lowest BCUT2D eigenvalue weighted by molar-refractivity contribution is -0.122. The first kappa shape index (κ1) is 21.7. The van der Waals surface area contributed by atoms with E-state index in [4.69, 9.17) is 0 Å². The molecule has 0 aliphatic rings. The van der Waals surface area contributed by atoms with Gasteiger partial charge in [-0.25, -0.2) is 12.8 Å². The summed E-state index contributed by atoms with van der Waals surface area (Å²) in [5, 5.41) is 2.84. The third-order valence-electron chi connectivity index (χ3n) is 4.65. The SMILES string of the molecule is C[C@H](NC(=O)CN(Cc1ccc(F)cc1)S(=O)(=O)c1ccccc1)c1ccccc1. The highest BCUT2D eigenvalue weighted by Crippen LogP contribution is 2.19. The number of amides is 1. The van der Waals surface area contributed by atoms with Crippen molar-refractivity contribution in [3.8, 4) is 0 Å². The molecular weight excluding hydrogens is 403 g/mol. The number of benzene rings is 3. The predicted octanol–water partition coefficient (Wildman–Crippen LogP) is 3.89. The van der Waals surface area contributed by atoms with Gasteiger partial charge in [-0.05, 0) is 42.3 Å². The summed E-state index contributed by atoms with van der Waals surface area (Å²) in [6.45, 7) is 1.43. The van der Waals surface area contributed by atoms with Gasteiger partial charge in [0.15, 0.2) is 0 Å². The Morgan fingerprint density at radius 2 is 1.50 bits per heavy atom. The van der Waals surface area contributed by atoms with Gasteiger partial charge in [-0.3, -0.25) is 4.79 Å². The average Bonchev–Trinajstić information content (AvgIpc) is 2.76. The van der Waals surface area contributed by atoms with Crippen LogP contribution in [-0.4, -0.2) is 25.2 Å². The maximum atomic E-state index is 13.2. The van der Waals surface area contributed by atoms with Crippen LogP contribution in [-0.2, 0) is 21.4 Å². The molecule has 0 aromatic heterocycles. The quantitative estimate of drug-likeness (QED) is 0.594. The highest BCUT2D eigenvalue weighted by molar-refractivity contribution is 7.89. The first-order valence-corrected chi connectivity index (χ1v) is 10.9. The van der Waals surface area contributed by atoms with E-state index in [9.17, 15) is 17.6 Å². The molecule has 3 aromatic rings. The smallest absolute Gasteiger partial charge is 0.243 e. The number of nitrogens with one attached hydrogen (secondary N) is 1. The van der Waals surface area contributed by atoms with Gasteiger partial charge in [0.2, 0.25) is 15.9 Å². The molecule has 0 heterocycles. The number of carbonyl (C=O) groups excluding carboxylic acids is 1. The highest BCUT2D eigenvalue weighted by Gasteiger charge is 2.27. The van der Waals surface area contributed by atoms with E-state index < -0.39 is 21.7 Å². The second-order valence-corrected chi connectivity index (χ2v) is 8.85. The Hall–Kier alpha value is -3.03. The fourth-order valence-corrected chi connectivity index (χ4v) is 4.44. The van der Waals surface area contributed by atoms with Gasteiger partial charge < -0.3 is 5.32 Å². The number of sulfonamides is 1. The van der Waals surface area contributed by atoms with Crippen molar-refractivity contribution in [2.24, 2.45) is 0 Å². The number of rotatable bonds is 8. The minimum atomic E-state index is -3.93. The van der Waals surface area contributed by atoms with Crippen molar-refractivity contribution in [1.29, 1.82) is 0 Å². The standard InChI is InChI=1S/C23H23FN2O3S/c1-18(20-8-4-2-5-9-20)25-23(27)17-26(16-19-12-14-21(24)15-13-19)30(28,29)22-10-6-3-7-11-22/h2-15,18H,16-17H2,1H3,(H,25,27)/t18-/m0/s1. The molecule has 156 valence electrons. The average molecular weight is 427 g/mol. The molecule has 0 saturated heterocycles. The van der Waals surface area contributed by atoms with Gasteiger partial charge in [-0.1, -0.05) is 60.7 Å². The van der Waals surface area contributed by atoms with Gasteiger partial charge in [0.25, 0.3) is 0 Å². The van der Waals surface area contributed by atoms with Crippen molar-refractivity contribution in [3.05, 3.63) is 102 Å². The predicted molar refractivity (Wildman–Crippen MR) is 113 cm³/mol. The van der Waals surface area contributed by atoms with Crippen LogP contribution < -0.4 is 5.32 Å². The Labute approximate surface area is 176 Å². The van der Waals surface area contributed by atoms with Crippen LogP contribution in [0.25, 0.3) is 0 Å². The third kappa shape index (κ3) is 5.52. The first-order valence-electron chi connectivity index (χ1n) is 9.50. The second kappa shape index (κ2) is 9.65. The highest BCUT2D eigenvalue weighted by atomic mass is 32.2. The largest absolute Gasteiger partial charge is 0.348 e. The number of hydrogen-bond donors (Lipinski definition) is 1. The zero-order chi connectivity index (χ0) is 21.6. The van der Waals surface area contributed by atoms with Gasteiger partial charge in [0, 0.05) is 6.54 Å². The van der Waals surface area contributed by atoms with Crippen LogP contribution in [0, 0.1) is 5.82 Å². The number of nitrogens with zero attached hydrogens (tertiary/aromatic N) is 1. The summed E-state index contributed by atoms with van der Waals surface area (Å²) < 4.78 is 40.7.